The fourth-order valence-electron chi connectivity index (χ4n) is 0.791. The highest BCUT2D eigenvalue weighted by atomic mass is 79.9. The van der Waals surface area contributed by atoms with Gasteiger partial charge in [-0.1, -0.05) is 78.4 Å². The Morgan fingerprint density at radius 1 is 1.33 bits per heavy atom. The van der Waals surface area contributed by atoms with Crippen molar-refractivity contribution in [1.29, 1.82) is 0 Å². The van der Waals surface area contributed by atoms with Gasteiger partial charge in [0, 0.05) is 0 Å². The van der Waals surface area contributed by atoms with Crippen LogP contribution in [0, 0.1) is 0 Å². The average molecular weight is 415 g/mol. The van der Waals surface area contributed by atoms with E-state index >= 15 is 0 Å². The van der Waals surface area contributed by atoms with E-state index in [0.717, 1.165) is 5.69 Å². The van der Waals surface area contributed by atoms with Crippen molar-refractivity contribution >= 4 is 78.4 Å². The van der Waals surface area contributed by atoms with Crippen LogP contribution in [0.15, 0.2) is 11.2 Å². The Bertz CT molecular complexity index is 357. The Morgan fingerprint density at radius 2 is 1.93 bits per heavy atom. The molecule has 0 fully saturated rings. The van der Waals surface area contributed by atoms with Gasteiger partial charge >= 0.3 is 0 Å². The molecule has 2 nitrogen and oxygen atoms in total. The van der Waals surface area contributed by atoms with Crippen LogP contribution in [0.4, 0.5) is 0 Å². The van der Waals surface area contributed by atoms with Gasteiger partial charge < -0.3 is 0 Å². The van der Waals surface area contributed by atoms with Crippen LogP contribution in [0.25, 0.3) is 0 Å². The summed E-state index contributed by atoms with van der Waals surface area (Å²) in [6.45, 7) is 0. The van der Waals surface area contributed by atoms with Gasteiger partial charge in [0.2, 0.25) is 3.79 Å². The highest BCUT2D eigenvalue weighted by Gasteiger charge is 2.26. The Labute approximate surface area is 124 Å². The molecule has 15 heavy (non-hydrogen) atoms. The smallest absolute Gasteiger partial charge is 0.226 e. The van der Waals surface area contributed by atoms with Crippen molar-refractivity contribution in [1.82, 2.24) is 9.97 Å². The predicted octanol–water partition coefficient (Wildman–Crippen LogP) is 4.81. The van der Waals surface area contributed by atoms with Crippen LogP contribution < -0.4 is 0 Å². The highest BCUT2D eigenvalue weighted by molar-refractivity contribution is 9.24. The fraction of sp³-hybridized carbons (Fsp3) is 0.429. The molecule has 0 aliphatic rings. The minimum atomic E-state index is -1.53. The summed E-state index contributed by atoms with van der Waals surface area (Å²) in [7, 11) is 0. The normalized spacial score (nSPS) is 12.2. The number of thioether (sulfide) groups is 1. The Hall–Kier alpha value is 1.26. The van der Waals surface area contributed by atoms with Crippen molar-refractivity contribution in [2.24, 2.45) is 0 Å². The average Bonchev–Trinajstić information content (AvgIpc) is 2.15. The molecule has 0 bridgehead atoms. The molecule has 1 aromatic heterocycles. The van der Waals surface area contributed by atoms with Gasteiger partial charge in [-0.3, -0.25) is 0 Å². The lowest BCUT2D eigenvalue weighted by Crippen LogP contribution is -2.07. The molecule has 1 rings (SSSR count). The second kappa shape index (κ2) is 5.74. The van der Waals surface area contributed by atoms with Gasteiger partial charge in [0.1, 0.15) is 3.74 Å². The third-order valence-corrected chi connectivity index (χ3v) is 3.49. The van der Waals surface area contributed by atoms with E-state index in [-0.39, 0.29) is 3.74 Å². The molecule has 0 aliphatic carbocycles. The molecule has 8 heteroatoms. The predicted molar refractivity (Wildman–Crippen MR) is 73.6 cm³/mol. The SMILES string of the molecule is CSc1nc(C(Br)Br)cc(C(Cl)(Cl)Cl)n1. The Kier molecular flexibility index (Phi) is 5.48. The first-order valence-corrected chi connectivity index (χ1v) is 7.82. The number of halogens is 5. The van der Waals surface area contributed by atoms with E-state index in [9.17, 15) is 0 Å². The molecular weight excluding hydrogens is 410 g/mol. The second-order valence-corrected chi connectivity index (χ2v) is 8.58. The summed E-state index contributed by atoms with van der Waals surface area (Å²) in [6, 6.07) is 1.64. The van der Waals surface area contributed by atoms with Crippen LogP contribution >= 0.6 is 78.4 Å². The summed E-state index contributed by atoms with van der Waals surface area (Å²) in [6.07, 6.45) is 1.86. The van der Waals surface area contributed by atoms with Crippen molar-refractivity contribution < 1.29 is 0 Å². The lowest BCUT2D eigenvalue weighted by atomic mass is 10.3. The van der Waals surface area contributed by atoms with E-state index in [0.29, 0.717) is 10.9 Å². The second-order valence-electron chi connectivity index (χ2n) is 2.46. The van der Waals surface area contributed by atoms with Crippen LogP contribution in [0.5, 0.6) is 0 Å². The van der Waals surface area contributed by atoms with E-state index in [1.807, 2.05) is 6.26 Å². The van der Waals surface area contributed by atoms with Crippen molar-refractivity contribution in [2.75, 3.05) is 6.26 Å². The number of hydrogen-bond donors (Lipinski definition) is 0. The zero-order valence-electron chi connectivity index (χ0n) is 7.35. The number of hydrogen-bond acceptors (Lipinski definition) is 3. The maximum Gasteiger partial charge on any atom is 0.232 e. The van der Waals surface area contributed by atoms with Gasteiger partial charge in [0.15, 0.2) is 5.16 Å². The molecule has 0 spiro atoms. The molecule has 0 saturated carbocycles. The van der Waals surface area contributed by atoms with Crippen molar-refractivity contribution in [3.8, 4) is 0 Å². The molecule has 0 N–H and O–H groups in total. The summed E-state index contributed by atoms with van der Waals surface area (Å²) < 4.78 is -1.62. The van der Waals surface area contributed by atoms with Crippen molar-refractivity contribution in [3.63, 3.8) is 0 Å². The fourth-order valence-corrected chi connectivity index (χ4v) is 1.94. The molecule has 0 unspecified atom stereocenters. The summed E-state index contributed by atoms with van der Waals surface area (Å²) in [5, 5.41) is 0.567. The van der Waals surface area contributed by atoms with Gasteiger partial charge in [-0.15, -0.1) is 0 Å². The summed E-state index contributed by atoms with van der Waals surface area (Å²) in [4.78, 5) is 8.37. The molecule has 0 atom stereocenters. The maximum absolute atomic E-state index is 5.76. The van der Waals surface area contributed by atoms with E-state index in [2.05, 4.69) is 41.8 Å². The molecule has 0 aromatic carbocycles. The van der Waals surface area contributed by atoms with Gasteiger partial charge in [-0.2, -0.15) is 0 Å². The zero-order chi connectivity index (χ0) is 11.6. The summed E-state index contributed by atoms with van der Waals surface area (Å²) in [5.41, 5.74) is 1.08. The quantitative estimate of drug-likeness (QED) is 0.394. The van der Waals surface area contributed by atoms with Gasteiger partial charge in [0.05, 0.1) is 11.4 Å². The number of nitrogens with zero attached hydrogens (tertiary/aromatic N) is 2. The van der Waals surface area contributed by atoms with Crippen LogP contribution in [0.1, 0.15) is 15.1 Å². The van der Waals surface area contributed by atoms with Gasteiger partial charge in [-0.25, -0.2) is 9.97 Å². The number of rotatable bonds is 2. The topological polar surface area (TPSA) is 25.8 Å². The van der Waals surface area contributed by atoms with E-state index in [1.165, 1.54) is 11.8 Å². The van der Waals surface area contributed by atoms with Gasteiger partial charge in [-0.05, 0) is 12.3 Å². The largest absolute Gasteiger partial charge is 0.232 e. The van der Waals surface area contributed by atoms with Crippen molar-refractivity contribution in [2.45, 2.75) is 12.7 Å². The van der Waals surface area contributed by atoms with Gasteiger partial charge in [0.25, 0.3) is 0 Å². The first-order valence-electron chi connectivity index (χ1n) is 3.63. The minimum absolute atomic E-state index is 0.0926. The lowest BCUT2D eigenvalue weighted by molar-refractivity contribution is 0.874. The molecular formula is C7H5Br2Cl3N2S. The number of aromatic nitrogens is 2. The maximum atomic E-state index is 5.76. The zero-order valence-corrected chi connectivity index (χ0v) is 13.6. The third kappa shape index (κ3) is 4.21. The molecule has 84 valence electrons. The van der Waals surface area contributed by atoms with E-state index < -0.39 is 3.79 Å². The first-order chi connectivity index (χ1) is 6.84. The molecule has 0 radical (unpaired) electrons. The Morgan fingerprint density at radius 3 is 2.33 bits per heavy atom. The van der Waals surface area contributed by atoms with Crippen LogP contribution in [-0.2, 0) is 3.79 Å². The molecule has 1 aromatic rings. The Balaban J connectivity index is 3.23. The first kappa shape index (κ1) is 14.3. The lowest BCUT2D eigenvalue weighted by Gasteiger charge is -2.13. The molecule has 1 heterocycles. The summed E-state index contributed by atoms with van der Waals surface area (Å²) >= 11 is 25.4. The highest BCUT2D eigenvalue weighted by Crippen LogP contribution is 2.39. The molecule has 0 amide bonds. The minimum Gasteiger partial charge on any atom is -0.226 e. The van der Waals surface area contributed by atoms with E-state index in [4.69, 9.17) is 34.8 Å². The van der Waals surface area contributed by atoms with Crippen molar-refractivity contribution in [3.05, 3.63) is 17.5 Å². The monoisotopic (exact) mass is 412 g/mol. The van der Waals surface area contributed by atoms with E-state index in [1.54, 1.807) is 6.07 Å². The number of alkyl halides is 5. The van der Waals surface area contributed by atoms with Crippen LogP contribution in [0.2, 0.25) is 0 Å². The molecule has 0 aliphatic heterocycles. The standard InChI is InChI=1S/C7H5Br2Cl3N2S/c1-15-6-13-3(5(8)9)2-4(14-6)7(10,11)12/h2,5H,1H3. The third-order valence-electron chi connectivity index (χ3n) is 1.42. The van der Waals surface area contributed by atoms with Crippen LogP contribution in [-0.4, -0.2) is 16.2 Å². The summed E-state index contributed by atoms with van der Waals surface area (Å²) in [5.74, 6) is 0. The molecule has 0 saturated heterocycles. The van der Waals surface area contributed by atoms with Crippen LogP contribution in [0.3, 0.4) is 0 Å².